The zero-order valence-electron chi connectivity index (χ0n) is 16.1. The van der Waals surface area contributed by atoms with Gasteiger partial charge >= 0.3 is 0 Å². The third-order valence-electron chi connectivity index (χ3n) is 5.18. The summed E-state index contributed by atoms with van der Waals surface area (Å²) in [4.78, 5) is 23.9. The minimum absolute atomic E-state index is 0.0498. The topological polar surface area (TPSA) is 60.2 Å². The van der Waals surface area contributed by atoms with E-state index in [9.17, 15) is 4.79 Å². The van der Waals surface area contributed by atoms with Crippen LogP contribution in [0, 0.1) is 12.8 Å². The molecule has 0 aliphatic carbocycles. The van der Waals surface area contributed by atoms with Crippen LogP contribution in [0.25, 0.3) is 22.3 Å². The molecule has 9 heteroatoms. The highest BCUT2D eigenvalue weighted by atomic mass is 127. The van der Waals surface area contributed by atoms with Gasteiger partial charge in [-0.1, -0.05) is 12.1 Å². The van der Waals surface area contributed by atoms with Crippen LogP contribution in [-0.4, -0.2) is 51.6 Å². The predicted octanol–water partition coefficient (Wildman–Crippen LogP) is 5.12. The van der Waals surface area contributed by atoms with E-state index in [4.69, 9.17) is 4.74 Å². The molecule has 4 rings (SSSR count). The third kappa shape index (κ3) is 4.33. The number of fused-ring (bicyclic) bond motifs is 1. The van der Waals surface area contributed by atoms with Gasteiger partial charge in [0.15, 0.2) is 5.65 Å². The molecule has 1 amide bonds. The maximum absolute atomic E-state index is 13.0. The smallest absolute Gasteiger partial charge is 0.253 e. The first kappa shape index (κ1) is 21.1. The van der Waals surface area contributed by atoms with Crippen LogP contribution in [0.3, 0.4) is 0 Å². The minimum Gasteiger partial charge on any atom is -0.381 e. The lowest BCUT2D eigenvalue weighted by atomic mass is 10.00. The fourth-order valence-electron chi connectivity index (χ4n) is 3.68. The van der Waals surface area contributed by atoms with Gasteiger partial charge in [0.05, 0.1) is 12.8 Å². The van der Waals surface area contributed by atoms with E-state index < -0.39 is 0 Å². The summed E-state index contributed by atoms with van der Waals surface area (Å²) in [5.74, 6) is 0.478. The van der Waals surface area contributed by atoms with Gasteiger partial charge in [0.25, 0.3) is 5.91 Å². The number of aryl methyl sites for hydroxylation is 1. The Balaban J connectivity index is 1.64. The first-order valence-corrected chi connectivity index (χ1v) is 13.4. The molecule has 3 aromatic rings. The summed E-state index contributed by atoms with van der Waals surface area (Å²) in [5, 5.41) is 0. The molecule has 1 aromatic carbocycles. The SMILES string of the molecule is Cc1cc(-c2cn(SI)c3ncc(Br)nc23)ccc1C(=O)N(C)CC1CCOC1. The van der Waals surface area contributed by atoms with Crippen molar-refractivity contribution in [3.8, 4) is 11.1 Å². The van der Waals surface area contributed by atoms with E-state index in [2.05, 4.69) is 53.2 Å². The highest BCUT2D eigenvalue weighted by Gasteiger charge is 2.22. The van der Waals surface area contributed by atoms with Gasteiger partial charge in [-0.05, 0) is 46.5 Å². The molecule has 2 aromatic heterocycles. The van der Waals surface area contributed by atoms with Crippen LogP contribution >= 0.6 is 46.3 Å². The van der Waals surface area contributed by atoms with Crippen LogP contribution in [0.15, 0.2) is 35.2 Å². The van der Waals surface area contributed by atoms with Gasteiger partial charge < -0.3 is 9.64 Å². The highest BCUT2D eigenvalue weighted by Crippen LogP contribution is 2.34. The second-order valence-electron chi connectivity index (χ2n) is 7.25. The van der Waals surface area contributed by atoms with Crippen molar-refractivity contribution in [3.05, 3.63) is 46.3 Å². The number of halogens is 2. The monoisotopic (exact) mass is 586 g/mol. The fraction of sp³-hybridized carbons (Fsp3) is 0.350. The van der Waals surface area contributed by atoms with E-state index in [1.54, 1.807) is 15.3 Å². The Kier molecular flexibility index (Phi) is 6.47. The van der Waals surface area contributed by atoms with E-state index in [-0.39, 0.29) is 5.91 Å². The minimum atomic E-state index is 0.0498. The Morgan fingerprint density at radius 2 is 2.31 bits per heavy atom. The molecule has 1 atom stereocenters. The van der Waals surface area contributed by atoms with Gasteiger partial charge in [0.2, 0.25) is 0 Å². The third-order valence-corrected chi connectivity index (χ3v) is 7.26. The molecule has 152 valence electrons. The summed E-state index contributed by atoms with van der Waals surface area (Å²) in [6.45, 7) is 4.24. The molecular formula is C20H20BrIN4O2S. The Morgan fingerprint density at radius 3 is 3.00 bits per heavy atom. The maximum Gasteiger partial charge on any atom is 0.253 e. The number of hydrogen-bond donors (Lipinski definition) is 0. The van der Waals surface area contributed by atoms with Crippen LogP contribution in [0.2, 0.25) is 0 Å². The Hall–Kier alpha value is -1.17. The number of aromatic nitrogens is 3. The molecule has 29 heavy (non-hydrogen) atoms. The average molecular weight is 587 g/mol. The molecule has 0 radical (unpaired) electrons. The summed E-state index contributed by atoms with van der Waals surface area (Å²) < 4.78 is 8.12. The van der Waals surface area contributed by atoms with Crippen molar-refractivity contribution in [2.45, 2.75) is 13.3 Å². The van der Waals surface area contributed by atoms with Crippen molar-refractivity contribution in [3.63, 3.8) is 0 Å². The number of hydrogen-bond acceptors (Lipinski definition) is 5. The first-order chi connectivity index (χ1) is 14.0. The second-order valence-corrected chi connectivity index (χ2v) is 9.77. The van der Waals surface area contributed by atoms with Gasteiger partial charge in [-0.25, -0.2) is 9.97 Å². The molecule has 1 aliphatic heterocycles. The number of rotatable bonds is 5. The van der Waals surface area contributed by atoms with E-state index in [0.29, 0.717) is 10.5 Å². The molecule has 1 unspecified atom stereocenters. The van der Waals surface area contributed by atoms with Gasteiger partial charge in [0, 0.05) is 73.8 Å². The lowest BCUT2D eigenvalue weighted by Gasteiger charge is -2.21. The molecule has 0 spiro atoms. The molecule has 1 saturated heterocycles. The van der Waals surface area contributed by atoms with Crippen LogP contribution in [0.4, 0.5) is 0 Å². The van der Waals surface area contributed by atoms with Crippen molar-refractivity contribution < 1.29 is 9.53 Å². The van der Waals surface area contributed by atoms with Crippen LogP contribution in [0.5, 0.6) is 0 Å². The van der Waals surface area contributed by atoms with Crippen molar-refractivity contribution in [1.29, 1.82) is 0 Å². The van der Waals surface area contributed by atoms with E-state index in [1.807, 2.05) is 41.2 Å². The molecular weight excluding hydrogens is 567 g/mol. The Bertz CT molecular complexity index is 1070. The van der Waals surface area contributed by atoms with Gasteiger partial charge in [0.1, 0.15) is 10.1 Å². The van der Waals surface area contributed by atoms with Crippen molar-refractivity contribution in [1.82, 2.24) is 18.8 Å². The second kappa shape index (κ2) is 8.91. The highest BCUT2D eigenvalue weighted by molar-refractivity contribution is 14.2. The van der Waals surface area contributed by atoms with E-state index >= 15 is 0 Å². The molecule has 1 aliphatic rings. The quantitative estimate of drug-likeness (QED) is 0.388. The van der Waals surface area contributed by atoms with Crippen molar-refractivity contribution >= 4 is 63.3 Å². The predicted molar refractivity (Wildman–Crippen MR) is 128 cm³/mol. The van der Waals surface area contributed by atoms with Crippen LogP contribution in [0.1, 0.15) is 22.3 Å². The van der Waals surface area contributed by atoms with E-state index in [0.717, 1.165) is 59.6 Å². The molecule has 0 saturated carbocycles. The molecule has 0 N–H and O–H groups in total. The number of benzene rings is 1. The van der Waals surface area contributed by atoms with Crippen molar-refractivity contribution in [2.24, 2.45) is 5.92 Å². The van der Waals surface area contributed by atoms with E-state index in [1.165, 1.54) is 0 Å². The standard InChI is InChI=1S/C20H20BrIN4O2S/c1-12-7-14(16-10-26(29-22)19-18(16)24-17(21)8-23-19)3-4-15(12)20(27)25(2)9-13-5-6-28-11-13/h3-4,7-8,10,13H,5-6,9,11H2,1-2H3. The molecule has 0 bridgehead atoms. The van der Waals surface area contributed by atoms with Crippen molar-refractivity contribution in [2.75, 3.05) is 26.8 Å². The fourth-order valence-corrected chi connectivity index (χ4v) is 5.21. The number of carbonyl (C=O) groups is 1. The lowest BCUT2D eigenvalue weighted by Crippen LogP contribution is -2.32. The lowest BCUT2D eigenvalue weighted by molar-refractivity contribution is 0.0765. The van der Waals surface area contributed by atoms with Crippen LogP contribution in [-0.2, 0) is 4.74 Å². The first-order valence-electron chi connectivity index (χ1n) is 9.25. The molecule has 1 fully saturated rings. The van der Waals surface area contributed by atoms with Gasteiger partial charge in [-0.15, -0.1) is 0 Å². The van der Waals surface area contributed by atoms with Gasteiger partial charge in [-0.2, -0.15) is 0 Å². The summed E-state index contributed by atoms with van der Waals surface area (Å²) in [6, 6.07) is 5.96. The number of carbonyl (C=O) groups excluding carboxylic acids is 1. The normalized spacial score (nSPS) is 16.5. The average Bonchev–Trinajstić information content (AvgIpc) is 3.34. The number of ether oxygens (including phenoxy) is 1. The summed E-state index contributed by atoms with van der Waals surface area (Å²) in [6.07, 6.45) is 4.76. The maximum atomic E-state index is 13.0. The Labute approximate surface area is 194 Å². The number of amides is 1. The van der Waals surface area contributed by atoms with Gasteiger partial charge in [-0.3, -0.25) is 8.77 Å². The zero-order chi connectivity index (χ0) is 20.5. The zero-order valence-corrected chi connectivity index (χ0v) is 20.6. The molecule has 6 nitrogen and oxygen atoms in total. The summed E-state index contributed by atoms with van der Waals surface area (Å²) in [5.41, 5.74) is 5.35. The number of nitrogens with zero attached hydrogens (tertiary/aromatic N) is 4. The molecule has 3 heterocycles. The summed E-state index contributed by atoms with van der Waals surface area (Å²) in [7, 11) is 3.42. The largest absolute Gasteiger partial charge is 0.381 e. The summed E-state index contributed by atoms with van der Waals surface area (Å²) >= 11 is 5.65. The Morgan fingerprint density at radius 1 is 1.48 bits per heavy atom. The van der Waals surface area contributed by atoms with Crippen LogP contribution < -0.4 is 0 Å².